The van der Waals surface area contributed by atoms with Crippen LogP contribution in [0.25, 0.3) is 22.2 Å². The summed E-state index contributed by atoms with van der Waals surface area (Å²) in [5.74, 6) is -0.397. The van der Waals surface area contributed by atoms with E-state index in [-0.39, 0.29) is 0 Å². The fourth-order valence-electron chi connectivity index (χ4n) is 3.17. The van der Waals surface area contributed by atoms with Crippen molar-refractivity contribution in [3.05, 3.63) is 82.9 Å². The molecule has 1 heterocycles. The molecule has 0 radical (unpaired) electrons. The highest BCUT2D eigenvalue weighted by Gasteiger charge is 2.13. The van der Waals surface area contributed by atoms with E-state index in [9.17, 15) is 9.18 Å². The Hall–Kier alpha value is -3.39. The first-order chi connectivity index (χ1) is 18.7. The van der Waals surface area contributed by atoms with Crippen molar-refractivity contribution in [3.8, 4) is 11.3 Å². The summed E-state index contributed by atoms with van der Waals surface area (Å²) in [6.45, 7) is 6.89. The molecule has 0 aliphatic carbocycles. The average Bonchev–Trinajstić information content (AvgIpc) is 2.91. The summed E-state index contributed by atoms with van der Waals surface area (Å²) in [4.78, 5) is 21.8. The summed E-state index contributed by atoms with van der Waals surface area (Å²) in [5.41, 5.74) is 4.08. The lowest BCUT2D eigenvalue weighted by molar-refractivity contribution is -0.107. The van der Waals surface area contributed by atoms with E-state index in [1.54, 1.807) is 24.5 Å². The molecule has 3 aromatic rings. The molecule has 0 bridgehead atoms. The van der Waals surface area contributed by atoms with Crippen LogP contribution in [0, 0.1) is 5.82 Å². The zero-order valence-corrected chi connectivity index (χ0v) is 24.8. The van der Waals surface area contributed by atoms with Crippen LogP contribution in [0.15, 0.2) is 77.1 Å². The number of benzene rings is 2. The molecule has 2 N–H and O–H groups in total. The molecule has 0 amide bonds. The van der Waals surface area contributed by atoms with Crippen LogP contribution in [-0.2, 0) is 4.79 Å². The van der Waals surface area contributed by atoms with Gasteiger partial charge in [0.25, 0.3) is 0 Å². The van der Waals surface area contributed by atoms with Crippen molar-refractivity contribution in [2.45, 2.75) is 33.6 Å². The molecule has 2 aromatic carbocycles. The lowest BCUT2D eigenvalue weighted by atomic mass is 10.1. The molecule has 39 heavy (non-hydrogen) atoms. The molecule has 6 nitrogen and oxygen atoms in total. The third kappa shape index (κ3) is 12.3. The zero-order chi connectivity index (χ0) is 29.2. The van der Waals surface area contributed by atoms with Gasteiger partial charge in [-0.2, -0.15) is 0 Å². The minimum Gasteiger partial charge on any atom is -0.358 e. The van der Waals surface area contributed by atoms with Gasteiger partial charge in [0.05, 0.1) is 11.2 Å². The number of aromatic nitrogens is 1. The van der Waals surface area contributed by atoms with E-state index in [1.165, 1.54) is 12.1 Å². The predicted molar refractivity (Wildman–Crippen MR) is 166 cm³/mol. The SMILES string of the molecule is CC=N/C=C\C/C(Nc1cc(-c2cc(Cl)ccc2F)nc2ccccc12)=C(\C)CC=O.CCNC.CN(C)C. The minimum absolute atomic E-state index is 0.312. The normalized spacial score (nSPS) is 11.6. The van der Waals surface area contributed by atoms with E-state index in [2.05, 4.69) is 27.5 Å². The Bertz CT molecular complexity index is 1270. The molecular formula is C31H41ClFN5O. The van der Waals surface area contributed by atoms with E-state index in [0.717, 1.165) is 40.7 Å². The number of allylic oxidation sites excluding steroid dienone is 2. The Balaban J connectivity index is 0.000000838. The number of rotatable bonds is 9. The number of hydrogen-bond acceptors (Lipinski definition) is 6. The molecule has 210 valence electrons. The molecular weight excluding hydrogens is 513 g/mol. The van der Waals surface area contributed by atoms with Crippen LogP contribution in [0.4, 0.5) is 10.1 Å². The molecule has 0 unspecified atom stereocenters. The van der Waals surface area contributed by atoms with Gasteiger partial charge in [0, 0.05) is 52.6 Å². The van der Waals surface area contributed by atoms with Crippen molar-refractivity contribution < 1.29 is 9.18 Å². The Morgan fingerprint density at radius 3 is 2.41 bits per heavy atom. The Morgan fingerprint density at radius 1 is 1.13 bits per heavy atom. The van der Waals surface area contributed by atoms with Crippen molar-refractivity contribution in [1.29, 1.82) is 0 Å². The summed E-state index contributed by atoms with van der Waals surface area (Å²) in [5, 5.41) is 7.71. The molecule has 0 spiro atoms. The number of nitrogens with zero attached hydrogens (tertiary/aromatic N) is 3. The quantitative estimate of drug-likeness (QED) is 0.214. The largest absolute Gasteiger partial charge is 0.358 e. The number of halogens is 2. The average molecular weight is 554 g/mol. The number of para-hydroxylation sites is 1. The van der Waals surface area contributed by atoms with Gasteiger partial charge in [-0.15, -0.1) is 0 Å². The van der Waals surface area contributed by atoms with Crippen LogP contribution < -0.4 is 10.6 Å². The number of nitrogens with one attached hydrogen (secondary N) is 2. The molecule has 0 fully saturated rings. The van der Waals surface area contributed by atoms with Gasteiger partial charge in [0.1, 0.15) is 12.1 Å². The number of hydrogen-bond donors (Lipinski definition) is 2. The molecule has 0 aliphatic heterocycles. The van der Waals surface area contributed by atoms with Crippen LogP contribution in [0.2, 0.25) is 5.02 Å². The van der Waals surface area contributed by atoms with Crippen molar-refractivity contribution in [2.24, 2.45) is 4.99 Å². The first kappa shape index (κ1) is 33.6. The van der Waals surface area contributed by atoms with Gasteiger partial charge in [0.2, 0.25) is 0 Å². The second kappa shape index (κ2) is 18.8. The third-order valence-electron chi connectivity index (χ3n) is 5.13. The Labute approximate surface area is 237 Å². The second-order valence-corrected chi connectivity index (χ2v) is 9.43. The second-order valence-electron chi connectivity index (χ2n) is 9.00. The standard InChI is InChI=1S/C25H23ClFN3O.2C3H9N/c1-3-28-13-6-9-22(17(2)12-14-31)29-24-16-25(20-15-18(26)10-11-21(20)27)30-23-8-5-4-7-19(23)24;1-4(2)3;1-3-4-2/h3-8,10-11,13-16H,9,12H2,1-2H3,(H,29,30);1-3H3;4H,3H2,1-2H3/b13-6-,22-17-,28-3?;;. The van der Waals surface area contributed by atoms with Crippen molar-refractivity contribution in [1.82, 2.24) is 15.2 Å². The van der Waals surface area contributed by atoms with Crippen LogP contribution in [-0.4, -0.2) is 57.1 Å². The van der Waals surface area contributed by atoms with Crippen LogP contribution in [0.1, 0.15) is 33.6 Å². The monoisotopic (exact) mass is 553 g/mol. The molecule has 8 heteroatoms. The van der Waals surface area contributed by atoms with Gasteiger partial charge >= 0.3 is 0 Å². The van der Waals surface area contributed by atoms with Gasteiger partial charge in [-0.3, -0.25) is 4.99 Å². The first-order valence-electron chi connectivity index (χ1n) is 12.8. The Morgan fingerprint density at radius 2 is 1.79 bits per heavy atom. The molecule has 0 saturated carbocycles. The van der Waals surface area contributed by atoms with E-state index < -0.39 is 5.82 Å². The highest BCUT2D eigenvalue weighted by atomic mass is 35.5. The predicted octanol–water partition coefficient (Wildman–Crippen LogP) is 7.37. The van der Waals surface area contributed by atoms with Crippen LogP contribution >= 0.6 is 11.6 Å². The summed E-state index contributed by atoms with van der Waals surface area (Å²) < 4.78 is 14.5. The van der Waals surface area contributed by atoms with E-state index >= 15 is 0 Å². The van der Waals surface area contributed by atoms with E-state index in [1.807, 2.05) is 77.3 Å². The third-order valence-corrected chi connectivity index (χ3v) is 5.36. The molecule has 0 aliphatic rings. The van der Waals surface area contributed by atoms with E-state index in [4.69, 9.17) is 11.6 Å². The molecule has 3 rings (SSSR count). The molecule has 0 atom stereocenters. The number of aldehydes is 1. The first-order valence-corrected chi connectivity index (χ1v) is 13.2. The van der Waals surface area contributed by atoms with Crippen molar-refractivity contribution in [3.63, 3.8) is 0 Å². The summed E-state index contributed by atoms with van der Waals surface area (Å²) in [6, 6.07) is 13.9. The number of carbonyl (C=O) groups excluding carboxylic acids is 1. The van der Waals surface area contributed by atoms with Gasteiger partial charge in [-0.25, -0.2) is 9.37 Å². The fourth-order valence-corrected chi connectivity index (χ4v) is 3.34. The topological polar surface area (TPSA) is 69.6 Å². The zero-order valence-electron chi connectivity index (χ0n) is 24.1. The Kier molecular flexibility index (Phi) is 16.2. The molecule has 1 aromatic heterocycles. The van der Waals surface area contributed by atoms with Crippen LogP contribution in [0.5, 0.6) is 0 Å². The lowest BCUT2D eigenvalue weighted by Crippen LogP contribution is -2.04. The number of carbonyl (C=O) groups is 1. The van der Waals surface area contributed by atoms with Gasteiger partial charge in [0.15, 0.2) is 0 Å². The molecule has 0 saturated heterocycles. The fraction of sp³-hybridized carbons (Fsp3) is 0.323. The summed E-state index contributed by atoms with van der Waals surface area (Å²) in [7, 11) is 7.93. The maximum Gasteiger partial charge on any atom is 0.132 e. The van der Waals surface area contributed by atoms with Crippen molar-refractivity contribution >= 4 is 40.7 Å². The highest BCUT2D eigenvalue weighted by molar-refractivity contribution is 6.30. The number of aliphatic imine (C=N–C) groups is 1. The minimum atomic E-state index is -0.397. The maximum atomic E-state index is 14.5. The number of fused-ring (bicyclic) bond motifs is 1. The van der Waals surface area contributed by atoms with Crippen molar-refractivity contribution in [2.75, 3.05) is 40.1 Å². The van der Waals surface area contributed by atoms with Gasteiger partial charge in [-0.1, -0.05) is 42.8 Å². The highest BCUT2D eigenvalue weighted by Crippen LogP contribution is 2.32. The lowest BCUT2D eigenvalue weighted by Gasteiger charge is -2.16. The smallest absolute Gasteiger partial charge is 0.132 e. The summed E-state index contributed by atoms with van der Waals surface area (Å²) in [6.07, 6.45) is 7.08. The van der Waals surface area contributed by atoms with Gasteiger partial charge < -0.3 is 20.3 Å². The summed E-state index contributed by atoms with van der Waals surface area (Å²) >= 11 is 6.10. The number of anilines is 1. The van der Waals surface area contributed by atoms with Gasteiger partial charge in [-0.05, 0) is 84.5 Å². The van der Waals surface area contributed by atoms with E-state index in [0.29, 0.717) is 29.1 Å². The maximum absolute atomic E-state index is 14.5. The number of pyridine rings is 1. The van der Waals surface area contributed by atoms with Crippen LogP contribution in [0.3, 0.4) is 0 Å².